The lowest BCUT2D eigenvalue weighted by atomic mass is 10.2. The Hall–Kier alpha value is -0.780. The molecule has 1 aliphatic carbocycles. The first-order valence-electron chi connectivity index (χ1n) is 5.95. The molecule has 0 saturated heterocycles. The zero-order chi connectivity index (χ0) is 13.3. The van der Waals surface area contributed by atoms with Gasteiger partial charge < -0.3 is 5.73 Å². The molecule has 0 aromatic heterocycles. The quantitative estimate of drug-likeness (QED) is 0.817. The van der Waals surface area contributed by atoms with Gasteiger partial charge in [-0.1, -0.05) is 24.4 Å². The SMILES string of the molecule is Cc1cc(N)cc(S(=O)(=O)NCCC2CC2)c1Cl. The van der Waals surface area contributed by atoms with Crippen LogP contribution in [0.15, 0.2) is 17.0 Å². The second-order valence-corrected chi connectivity index (χ2v) is 6.89. The topological polar surface area (TPSA) is 72.2 Å². The molecule has 4 nitrogen and oxygen atoms in total. The Labute approximate surface area is 113 Å². The molecule has 2 rings (SSSR count). The van der Waals surface area contributed by atoms with Crippen molar-refractivity contribution in [2.45, 2.75) is 31.1 Å². The van der Waals surface area contributed by atoms with E-state index in [0.717, 1.165) is 6.42 Å². The Kier molecular flexibility index (Phi) is 3.84. The molecule has 0 radical (unpaired) electrons. The number of nitrogen functional groups attached to an aromatic ring is 1. The van der Waals surface area contributed by atoms with Gasteiger partial charge in [-0.05, 0) is 37.0 Å². The summed E-state index contributed by atoms with van der Waals surface area (Å²) in [6.07, 6.45) is 3.30. The molecular formula is C12H17ClN2O2S. The monoisotopic (exact) mass is 288 g/mol. The van der Waals surface area contributed by atoms with Crippen molar-refractivity contribution in [1.29, 1.82) is 0 Å². The normalized spacial score (nSPS) is 15.9. The molecule has 0 aliphatic heterocycles. The third-order valence-electron chi connectivity index (χ3n) is 3.07. The maximum atomic E-state index is 12.1. The summed E-state index contributed by atoms with van der Waals surface area (Å²) in [5, 5.41) is 0.239. The molecule has 3 N–H and O–H groups in total. The third kappa shape index (κ3) is 3.16. The number of aryl methyl sites for hydroxylation is 1. The number of sulfonamides is 1. The van der Waals surface area contributed by atoms with Crippen LogP contribution in [0.3, 0.4) is 0 Å². The lowest BCUT2D eigenvalue weighted by Gasteiger charge is -2.10. The number of halogens is 1. The highest BCUT2D eigenvalue weighted by atomic mass is 35.5. The van der Waals surface area contributed by atoms with Crippen molar-refractivity contribution in [2.75, 3.05) is 12.3 Å². The number of nitrogens with two attached hydrogens (primary N) is 1. The highest BCUT2D eigenvalue weighted by Gasteiger charge is 2.23. The first-order chi connectivity index (χ1) is 8.40. The number of hydrogen-bond acceptors (Lipinski definition) is 3. The minimum absolute atomic E-state index is 0.0671. The highest BCUT2D eigenvalue weighted by Crippen LogP contribution is 2.32. The summed E-state index contributed by atoms with van der Waals surface area (Å²) in [4.78, 5) is 0.0671. The Bertz CT molecular complexity index is 553. The predicted molar refractivity (Wildman–Crippen MR) is 73.1 cm³/mol. The molecule has 0 unspecified atom stereocenters. The molecule has 0 heterocycles. The molecule has 1 aromatic carbocycles. The van der Waals surface area contributed by atoms with E-state index in [2.05, 4.69) is 4.72 Å². The van der Waals surface area contributed by atoms with Gasteiger partial charge in [-0.15, -0.1) is 0 Å². The lowest BCUT2D eigenvalue weighted by molar-refractivity contribution is 0.575. The van der Waals surface area contributed by atoms with Gasteiger partial charge in [-0.25, -0.2) is 13.1 Å². The fourth-order valence-electron chi connectivity index (χ4n) is 1.84. The minimum Gasteiger partial charge on any atom is -0.399 e. The van der Waals surface area contributed by atoms with Crippen molar-refractivity contribution in [3.8, 4) is 0 Å². The molecule has 0 atom stereocenters. The summed E-state index contributed by atoms with van der Waals surface area (Å²) >= 11 is 6.03. The van der Waals surface area contributed by atoms with E-state index in [1.54, 1.807) is 13.0 Å². The van der Waals surface area contributed by atoms with Crippen LogP contribution in [0, 0.1) is 12.8 Å². The largest absolute Gasteiger partial charge is 0.399 e. The van der Waals surface area contributed by atoms with Gasteiger partial charge >= 0.3 is 0 Å². The standard InChI is InChI=1S/C12H17ClN2O2S/c1-8-6-10(14)7-11(12(8)13)18(16,17)15-5-4-9-2-3-9/h6-7,9,15H,2-5,14H2,1H3. The van der Waals surface area contributed by atoms with E-state index in [1.807, 2.05) is 0 Å². The van der Waals surface area contributed by atoms with Crippen LogP contribution in [0.5, 0.6) is 0 Å². The molecule has 1 aromatic rings. The van der Waals surface area contributed by atoms with Crippen molar-refractivity contribution in [2.24, 2.45) is 5.92 Å². The number of benzene rings is 1. The molecule has 1 saturated carbocycles. The molecule has 1 aliphatic rings. The van der Waals surface area contributed by atoms with Crippen molar-refractivity contribution >= 4 is 27.3 Å². The fourth-order valence-corrected chi connectivity index (χ4v) is 3.49. The molecule has 0 amide bonds. The van der Waals surface area contributed by atoms with Gasteiger partial charge in [-0.3, -0.25) is 0 Å². The van der Waals surface area contributed by atoms with E-state index in [0.29, 0.717) is 23.7 Å². The Balaban J connectivity index is 2.17. The van der Waals surface area contributed by atoms with Gasteiger partial charge in [0.25, 0.3) is 0 Å². The van der Waals surface area contributed by atoms with E-state index in [4.69, 9.17) is 17.3 Å². The Morgan fingerprint density at radius 3 is 2.72 bits per heavy atom. The van der Waals surface area contributed by atoms with E-state index in [-0.39, 0.29) is 9.92 Å². The van der Waals surface area contributed by atoms with Crippen LogP contribution < -0.4 is 10.5 Å². The molecule has 0 bridgehead atoms. The van der Waals surface area contributed by atoms with Crippen LogP contribution in [0.2, 0.25) is 5.02 Å². The van der Waals surface area contributed by atoms with Crippen LogP contribution in [0.1, 0.15) is 24.8 Å². The van der Waals surface area contributed by atoms with E-state index in [9.17, 15) is 8.42 Å². The second kappa shape index (κ2) is 5.07. The van der Waals surface area contributed by atoms with Gasteiger partial charge in [-0.2, -0.15) is 0 Å². The molecule has 0 spiro atoms. The molecule has 1 fully saturated rings. The molecule has 6 heteroatoms. The van der Waals surface area contributed by atoms with Gasteiger partial charge in [0.2, 0.25) is 10.0 Å². The summed E-state index contributed by atoms with van der Waals surface area (Å²) in [7, 11) is -3.57. The van der Waals surface area contributed by atoms with Crippen LogP contribution in [-0.4, -0.2) is 15.0 Å². The van der Waals surface area contributed by atoms with Gasteiger partial charge in [0, 0.05) is 12.2 Å². The van der Waals surface area contributed by atoms with E-state index >= 15 is 0 Å². The lowest BCUT2D eigenvalue weighted by Crippen LogP contribution is -2.25. The van der Waals surface area contributed by atoms with Crippen molar-refractivity contribution in [1.82, 2.24) is 4.72 Å². The van der Waals surface area contributed by atoms with Crippen LogP contribution in [0.25, 0.3) is 0 Å². The van der Waals surface area contributed by atoms with Gasteiger partial charge in [0.05, 0.1) is 5.02 Å². The Morgan fingerprint density at radius 1 is 1.44 bits per heavy atom. The number of anilines is 1. The van der Waals surface area contributed by atoms with Crippen LogP contribution in [0.4, 0.5) is 5.69 Å². The van der Waals surface area contributed by atoms with E-state index in [1.165, 1.54) is 18.9 Å². The number of rotatable bonds is 5. The van der Waals surface area contributed by atoms with Crippen LogP contribution in [-0.2, 0) is 10.0 Å². The summed E-state index contributed by atoms with van der Waals surface area (Å²) in [5.74, 6) is 0.686. The molecule has 18 heavy (non-hydrogen) atoms. The van der Waals surface area contributed by atoms with Gasteiger partial charge in [0.15, 0.2) is 0 Å². The average Bonchev–Trinajstić information content (AvgIpc) is 3.07. The number of nitrogens with one attached hydrogen (secondary N) is 1. The zero-order valence-electron chi connectivity index (χ0n) is 10.2. The van der Waals surface area contributed by atoms with Crippen molar-refractivity contribution in [3.05, 3.63) is 22.7 Å². The Morgan fingerprint density at radius 2 is 2.11 bits per heavy atom. The van der Waals surface area contributed by atoms with Crippen LogP contribution >= 0.6 is 11.6 Å². The minimum atomic E-state index is -3.57. The first kappa shape index (κ1) is 13.6. The summed E-state index contributed by atoms with van der Waals surface area (Å²) in [6, 6.07) is 3.06. The summed E-state index contributed by atoms with van der Waals surface area (Å²) in [5.41, 5.74) is 6.73. The van der Waals surface area contributed by atoms with Crippen molar-refractivity contribution in [3.63, 3.8) is 0 Å². The second-order valence-electron chi connectivity index (χ2n) is 4.78. The maximum absolute atomic E-state index is 12.1. The molecule has 100 valence electrons. The zero-order valence-corrected chi connectivity index (χ0v) is 11.8. The first-order valence-corrected chi connectivity index (χ1v) is 7.81. The van der Waals surface area contributed by atoms with E-state index < -0.39 is 10.0 Å². The average molecular weight is 289 g/mol. The summed E-state index contributed by atoms with van der Waals surface area (Å²) in [6.45, 7) is 2.19. The maximum Gasteiger partial charge on any atom is 0.242 e. The third-order valence-corrected chi connectivity index (χ3v) is 5.17. The predicted octanol–water partition coefficient (Wildman–Crippen LogP) is 2.31. The highest BCUT2D eigenvalue weighted by molar-refractivity contribution is 7.89. The summed E-state index contributed by atoms with van der Waals surface area (Å²) < 4.78 is 26.8. The smallest absolute Gasteiger partial charge is 0.242 e. The molecular weight excluding hydrogens is 272 g/mol. The number of hydrogen-bond donors (Lipinski definition) is 2. The van der Waals surface area contributed by atoms with Crippen molar-refractivity contribution < 1.29 is 8.42 Å². The fraction of sp³-hybridized carbons (Fsp3) is 0.500. The van der Waals surface area contributed by atoms with Gasteiger partial charge in [0.1, 0.15) is 4.90 Å².